The molecule has 0 amide bonds. The van der Waals surface area contributed by atoms with Crippen LogP contribution < -0.4 is 9.47 Å². The molecule has 0 saturated heterocycles. The maximum atomic E-state index is 12.7. The van der Waals surface area contributed by atoms with E-state index in [0.717, 1.165) is 12.2 Å². The van der Waals surface area contributed by atoms with Crippen molar-refractivity contribution >= 4 is 33.2 Å². The van der Waals surface area contributed by atoms with Gasteiger partial charge in [-0.1, -0.05) is 23.2 Å². The second kappa shape index (κ2) is 9.46. The van der Waals surface area contributed by atoms with Gasteiger partial charge in [-0.05, 0) is 55.3 Å². The van der Waals surface area contributed by atoms with Gasteiger partial charge in [0.05, 0.1) is 13.7 Å². The summed E-state index contributed by atoms with van der Waals surface area (Å²) in [5.74, 6) is 1.01. The van der Waals surface area contributed by atoms with Crippen molar-refractivity contribution < 1.29 is 17.9 Å². The number of benzene rings is 2. The maximum absolute atomic E-state index is 12.7. The minimum absolute atomic E-state index is 0.0624. The SMILES string of the molecule is COc1ccc(Cl)cc1S(=O)(=O)N(C)CCCCOc1ccc(Cl)cc1. The molecule has 0 aromatic heterocycles. The molecule has 0 spiro atoms. The van der Waals surface area contributed by atoms with Gasteiger partial charge >= 0.3 is 0 Å². The van der Waals surface area contributed by atoms with Crippen molar-refractivity contribution in [3.05, 3.63) is 52.5 Å². The molecule has 0 bridgehead atoms. The minimum Gasteiger partial charge on any atom is -0.495 e. The molecule has 2 aromatic rings. The third-order valence-corrected chi connectivity index (χ3v) is 6.13. The average Bonchev–Trinajstić information content (AvgIpc) is 2.62. The quantitative estimate of drug-likeness (QED) is 0.564. The number of rotatable bonds is 9. The number of unbranched alkanes of at least 4 members (excludes halogenated alkanes) is 1. The van der Waals surface area contributed by atoms with Crippen molar-refractivity contribution in [2.45, 2.75) is 17.7 Å². The van der Waals surface area contributed by atoms with Gasteiger partial charge in [-0.3, -0.25) is 0 Å². The highest BCUT2D eigenvalue weighted by Crippen LogP contribution is 2.29. The first-order valence-corrected chi connectivity index (χ1v) is 10.2. The molecule has 142 valence electrons. The highest BCUT2D eigenvalue weighted by atomic mass is 35.5. The number of ether oxygens (including phenoxy) is 2. The van der Waals surface area contributed by atoms with E-state index in [1.54, 1.807) is 36.4 Å². The molecule has 0 heterocycles. The smallest absolute Gasteiger partial charge is 0.246 e. The number of methoxy groups -OCH3 is 1. The van der Waals surface area contributed by atoms with E-state index in [1.165, 1.54) is 24.5 Å². The van der Waals surface area contributed by atoms with E-state index in [1.807, 2.05) is 0 Å². The summed E-state index contributed by atoms with van der Waals surface area (Å²) < 4.78 is 37.5. The molecule has 0 aliphatic rings. The predicted octanol–water partition coefficient (Wildman–Crippen LogP) is 4.48. The maximum Gasteiger partial charge on any atom is 0.246 e. The molecule has 0 radical (unpaired) electrons. The number of halogens is 2. The van der Waals surface area contributed by atoms with E-state index >= 15 is 0 Å². The van der Waals surface area contributed by atoms with E-state index in [9.17, 15) is 8.42 Å². The van der Waals surface area contributed by atoms with Crippen LogP contribution in [0, 0.1) is 0 Å². The van der Waals surface area contributed by atoms with Crippen LogP contribution in [-0.2, 0) is 10.0 Å². The fourth-order valence-electron chi connectivity index (χ4n) is 2.30. The molecule has 0 atom stereocenters. The fourth-order valence-corrected chi connectivity index (χ4v) is 4.05. The molecule has 0 aliphatic heterocycles. The normalized spacial score (nSPS) is 11.6. The summed E-state index contributed by atoms with van der Waals surface area (Å²) >= 11 is 11.8. The third-order valence-electron chi connectivity index (χ3n) is 3.76. The van der Waals surface area contributed by atoms with Crippen LogP contribution in [0.3, 0.4) is 0 Å². The third kappa shape index (κ3) is 5.51. The molecule has 5 nitrogen and oxygen atoms in total. The summed E-state index contributed by atoms with van der Waals surface area (Å²) in [5.41, 5.74) is 0. The van der Waals surface area contributed by atoms with Gasteiger partial charge in [0.1, 0.15) is 16.4 Å². The molecular weight excluding hydrogens is 397 g/mol. The molecule has 8 heteroatoms. The van der Waals surface area contributed by atoms with Crippen molar-refractivity contribution in [2.75, 3.05) is 27.3 Å². The second-order valence-corrected chi connectivity index (χ2v) is 8.52. The highest BCUT2D eigenvalue weighted by Gasteiger charge is 2.24. The summed E-state index contributed by atoms with van der Waals surface area (Å²) in [6, 6.07) is 11.6. The molecule has 26 heavy (non-hydrogen) atoms. The Balaban J connectivity index is 1.87. The van der Waals surface area contributed by atoms with Crippen molar-refractivity contribution in [3.63, 3.8) is 0 Å². The van der Waals surface area contributed by atoms with Crippen LogP contribution in [-0.4, -0.2) is 40.0 Å². The molecule has 0 aliphatic carbocycles. The Hall–Kier alpha value is -1.47. The molecule has 2 rings (SSSR count). The average molecular weight is 418 g/mol. The van der Waals surface area contributed by atoms with Gasteiger partial charge in [-0.15, -0.1) is 0 Å². The molecule has 0 N–H and O–H groups in total. The van der Waals surface area contributed by atoms with E-state index in [4.69, 9.17) is 32.7 Å². The zero-order valence-corrected chi connectivity index (χ0v) is 16.9. The molecule has 0 saturated carbocycles. The highest BCUT2D eigenvalue weighted by molar-refractivity contribution is 7.89. The van der Waals surface area contributed by atoms with Gasteiger partial charge in [0.2, 0.25) is 10.0 Å². The summed E-state index contributed by atoms with van der Waals surface area (Å²) in [4.78, 5) is 0.0624. The lowest BCUT2D eigenvalue weighted by molar-refractivity contribution is 0.300. The Bertz CT molecular complexity index is 826. The Morgan fingerprint density at radius 2 is 1.65 bits per heavy atom. The van der Waals surface area contributed by atoms with Gasteiger partial charge in [0, 0.05) is 23.6 Å². The zero-order chi connectivity index (χ0) is 19.2. The van der Waals surface area contributed by atoms with Gasteiger partial charge < -0.3 is 9.47 Å². The molecular formula is C18H21Cl2NO4S. The first kappa shape index (κ1) is 20.8. The monoisotopic (exact) mass is 417 g/mol. The first-order chi connectivity index (χ1) is 12.3. The van der Waals surface area contributed by atoms with Gasteiger partial charge in [-0.25, -0.2) is 12.7 Å². The van der Waals surface area contributed by atoms with Crippen molar-refractivity contribution in [2.24, 2.45) is 0 Å². The van der Waals surface area contributed by atoms with Crippen LogP contribution in [0.1, 0.15) is 12.8 Å². The molecule has 0 unspecified atom stereocenters. The van der Waals surface area contributed by atoms with Crippen LogP contribution in [0.5, 0.6) is 11.5 Å². The van der Waals surface area contributed by atoms with Crippen LogP contribution in [0.4, 0.5) is 0 Å². The number of sulfonamides is 1. The fraction of sp³-hybridized carbons (Fsp3) is 0.333. The molecule has 0 fully saturated rings. The second-order valence-electron chi connectivity index (χ2n) is 5.63. The zero-order valence-electron chi connectivity index (χ0n) is 14.6. The minimum atomic E-state index is -3.68. The Labute approximate surface area is 164 Å². The lowest BCUT2D eigenvalue weighted by Crippen LogP contribution is -2.28. The van der Waals surface area contributed by atoms with Crippen LogP contribution in [0.25, 0.3) is 0 Å². The Kier molecular flexibility index (Phi) is 7.58. The van der Waals surface area contributed by atoms with E-state index in [-0.39, 0.29) is 10.6 Å². The number of hydrogen-bond acceptors (Lipinski definition) is 4. The van der Waals surface area contributed by atoms with Crippen LogP contribution >= 0.6 is 23.2 Å². The number of hydrogen-bond donors (Lipinski definition) is 0. The summed E-state index contributed by atoms with van der Waals surface area (Å²) in [6.45, 7) is 0.859. The van der Waals surface area contributed by atoms with E-state index < -0.39 is 10.0 Å². The van der Waals surface area contributed by atoms with E-state index in [2.05, 4.69) is 0 Å². The first-order valence-electron chi connectivity index (χ1n) is 8.03. The van der Waals surface area contributed by atoms with Gasteiger partial charge in [-0.2, -0.15) is 0 Å². The molecule has 2 aromatic carbocycles. The topological polar surface area (TPSA) is 55.8 Å². The van der Waals surface area contributed by atoms with Crippen molar-refractivity contribution in [1.82, 2.24) is 4.31 Å². The van der Waals surface area contributed by atoms with Crippen LogP contribution in [0.2, 0.25) is 10.0 Å². The lowest BCUT2D eigenvalue weighted by atomic mass is 10.3. The lowest BCUT2D eigenvalue weighted by Gasteiger charge is -2.19. The van der Waals surface area contributed by atoms with Crippen molar-refractivity contribution in [3.8, 4) is 11.5 Å². The van der Waals surface area contributed by atoms with Gasteiger partial charge in [0.25, 0.3) is 0 Å². The summed E-state index contributed by atoms with van der Waals surface area (Å²) in [7, 11) is -0.716. The van der Waals surface area contributed by atoms with Crippen molar-refractivity contribution in [1.29, 1.82) is 0 Å². The summed E-state index contributed by atoms with van der Waals surface area (Å²) in [5, 5.41) is 0.995. The van der Waals surface area contributed by atoms with Crippen LogP contribution in [0.15, 0.2) is 47.4 Å². The standard InChI is InChI=1S/C18H21Cl2NO4S/c1-21(11-3-4-12-25-16-8-5-14(19)6-9-16)26(22,23)18-13-15(20)7-10-17(18)24-2/h5-10,13H,3-4,11-12H2,1-2H3. The largest absolute Gasteiger partial charge is 0.495 e. The van der Waals surface area contributed by atoms with E-state index in [0.29, 0.717) is 29.6 Å². The Morgan fingerprint density at radius 1 is 1.00 bits per heavy atom. The predicted molar refractivity (Wildman–Crippen MR) is 104 cm³/mol. The van der Waals surface area contributed by atoms with Gasteiger partial charge in [0.15, 0.2) is 0 Å². The number of nitrogens with zero attached hydrogens (tertiary/aromatic N) is 1. The Morgan fingerprint density at radius 3 is 2.31 bits per heavy atom. The summed E-state index contributed by atoms with van der Waals surface area (Å²) in [6.07, 6.45) is 1.38.